The number of nitrogen functional groups attached to an aromatic ring is 1. The van der Waals surface area contributed by atoms with E-state index in [1.54, 1.807) is 18.2 Å². The smallest absolute Gasteiger partial charge is 0.337 e. The number of benzene rings is 1. The standard InChI is InChI=1S/C13H17NO4/c1-16-13(15)9-2-3-12(11(14)8-9)18-10-4-6-17-7-5-10/h2-3,8,10H,4-7,14H2,1H3. The van der Waals surface area contributed by atoms with Gasteiger partial charge in [0, 0.05) is 12.8 Å². The Balaban J connectivity index is 2.07. The van der Waals surface area contributed by atoms with Gasteiger partial charge in [-0.2, -0.15) is 0 Å². The first-order valence-corrected chi connectivity index (χ1v) is 5.93. The molecule has 2 rings (SSSR count). The van der Waals surface area contributed by atoms with Crippen LogP contribution >= 0.6 is 0 Å². The number of hydrogen-bond acceptors (Lipinski definition) is 5. The number of hydrogen-bond donors (Lipinski definition) is 1. The van der Waals surface area contributed by atoms with Crippen LogP contribution in [0.3, 0.4) is 0 Å². The second kappa shape index (κ2) is 5.73. The maximum Gasteiger partial charge on any atom is 0.337 e. The average molecular weight is 251 g/mol. The van der Waals surface area contributed by atoms with E-state index in [-0.39, 0.29) is 6.10 Å². The Bertz CT molecular complexity index is 427. The van der Waals surface area contributed by atoms with Crippen LogP contribution in [0.25, 0.3) is 0 Å². The number of methoxy groups -OCH3 is 1. The summed E-state index contributed by atoms with van der Waals surface area (Å²) < 4.78 is 15.7. The van der Waals surface area contributed by atoms with Gasteiger partial charge < -0.3 is 19.9 Å². The van der Waals surface area contributed by atoms with E-state index in [9.17, 15) is 4.79 Å². The summed E-state index contributed by atoms with van der Waals surface area (Å²) in [4.78, 5) is 11.3. The summed E-state index contributed by atoms with van der Waals surface area (Å²) in [6, 6.07) is 4.92. The van der Waals surface area contributed by atoms with Crippen molar-refractivity contribution in [1.29, 1.82) is 0 Å². The maximum atomic E-state index is 11.3. The Morgan fingerprint density at radius 1 is 1.39 bits per heavy atom. The van der Waals surface area contributed by atoms with Gasteiger partial charge in [-0.15, -0.1) is 0 Å². The minimum absolute atomic E-state index is 0.130. The van der Waals surface area contributed by atoms with Crippen LogP contribution in [0.5, 0.6) is 5.75 Å². The molecule has 0 radical (unpaired) electrons. The van der Waals surface area contributed by atoms with Crippen LogP contribution in [-0.4, -0.2) is 32.4 Å². The first-order valence-electron chi connectivity index (χ1n) is 5.93. The van der Waals surface area contributed by atoms with Crippen molar-refractivity contribution in [2.75, 3.05) is 26.1 Å². The molecular formula is C13H17NO4. The third kappa shape index (κ3) is 2.92. The van der Waals surface area contributed by atoms with E-state index >= 15 is 0 Å². The largest absolute Gasteiger partial charge is 0.488 e. The highest BCUT2D eigenvalue weighted by Crippen LogP contribution is 2.26. The number of rotatable bonds is 3. The van der Waals surface area contributed by atoms with Crippen molar-refractivity contribution in [2.24, 2.45) is 0 Å². The van der Waals surface area contributed by atoms with Crippen molar-refractivity contribution in [3.05, 3.63) is 23.8 Å². The van der Waals surface area contributed by atoms with Crippen LogP contribution < -0.4 is 10.5 Å². The Kier molecular flexibility index (Phi) is 4.04. The van der Waals surface area contributed by atoms with Crippen LogP contribution in [-0.2, 0) is 9.47 Å². The molecule has 0 aliphatic carbocycles. The van der Waals surface area contributed by atoms with Crippen LogP contribution in [0.4, 0.5) is 5.69 Å². The molecule has 0 spiro atoms. The average Bonchev–Trinajstić information content (AvgIpc) is 2.41. The Labute approximate surface area is 106 Å². The molecule has 0 bridgehead atoms. The quantitative estimate of drug-likeness (QED) is 0.653. The van der Waals surface area contributed by atoms with Crippen molar-refractivity contribution in [1.82, 2.24) is 0 Å². The third-order valence-corrected chi connectivity index (χ3v) is 2.89. The van der Waals surface area contributed by atoms with Crippen molar-refractivity contribution in [2.45, 2.75) is 18.9 Å². The number of carbonyl (C=O) groups excluding carboxylic acids is 1. The Morgan fingerprint density at radius 2 is 2.11 bits per heavy atom. The molecular weight excluding hydrogens is 234 g/mol. The maximum absolute atomic E-state index is 11.3. The van der Waals surface area contributed by atoms with Gasteiger partial charge in [0.25, 0.3) is 0 Å². The fourth-order valence-electron chi connectivity index (χ4n) is 1.87. The highest BCUT2D eigenvalue weighted by molar-refractivity contribution is 5.90. The van der Waals surface area contributed by atoms with Gasteiger partial charge in [0.05, 0.1) is 31.6 Å². The predicted octanol–water partition coefficient (Wildman–Crippen LogP) is 1.61. The van der Waals surface area contributed by atoms with Gasteiger partial charge in [0.1, 0.15) is 11.9 Å². The van der Waals surface area contributed by atoms with Gasteiger partial charge in [-0.1, -0.05) is 0 Å². The zero-order valence-corrected chi connectivity index (χ0v) is 10.3. The van der Waals surface area contributed by atoms with Crippen LogP contribution in [0, 0.1) is 0 Å². The molecule has 5 nitrogen and oxygen atoms in total. The van der Waals surface area contributed by atoms with Gasteiger partial charge in [-0.25, -0.2) is 4.79 Å². The molecule has 1 aromatic carbocycles. The zero-order chi connectivity index (χ0) is 13.0. The number of esters is 1. The second-order valence-electron chi connectivity index (χ2n) is 4.17. The fourth-order valence-corrected chi connectivity index (χ4v) is 1.87. The minimum Gasteiger partial charge on any atom is -0.488 e. The molecule has 98 valence electrons. The van der Waals surface area contributed by atoms with E-state index in [1.165, 1.54) is 7.11 Å². The molecule has 18 heavy (non-hydrogen) atoms. The van der Waals surface area contributed by atoms with Crippen molar-refractivity contribution in [3.63, 3.8) is 0 Å². The molecule has 1 saturated heterocycles. The molecule has 0 unspecified atom stereocenters. The van der Waals surface area contributed by atoms with E-state index in [4.69, 9.17) is 15.2 Å². The topological polar surface area (TPSA) is 70.8 Å². The van der Waals surface area contributed by atoms with E-state index in [2.05, 4.69) is 4.74 Å². The number of carbonyl (C=O) groups is 1. The third-order valence-electron chi connectivity index (χ3n) is 2.89. The summed E-state index contributed by atoms with van der Waals surface area (Å²) in [5, 5.41) is 0. The van der Waals surface area contributed by atoms with E-state index < -0.39 is 5.97 Å². The van der Waals surface area contributed by atoms with Crippen molar-refractivity contribution >= 4 is 11.7 Å². The molecule has 0 saturated carbocycles. The van der Waals surface area contributed by atoms with Crippen LogP contribution in [0.2, 0.25) is 0 Å². The lowest BCUT2D eigenvalue weighted by Crippen LogP contribution is -2.26. The van der Waals surface area contributed by atoms with Crippen LogP contribution in [0.15, 0.2) is 18.2 Å². The Hall–Kier alpha value is -1.75. The summed E-state index contributed by atoms with van der Waals surface area (Å²) >= 11 is 0. The highest BCUT2D eigenvalue weighted by Gasteiger charge is 2.17. The van der Waals surface area contributed by atoms with E-state index in [0.717, 1.165) is 12.8 Å². The van der Waals surface area contributed by atoms with Gasteiger partial charge in [-0.05, 0) is 18.2 Å². The predicted molar refractivity (Wildman–Crippen MR) is 66.7 cm³/mol. The second-order valence-corrected chi connectivity index (χ2v) is 4.17. The molecule has 1 aromatic rings. The van der Waals surface area contributed by atoms with Crippen molar-refractivity contribution < 1.29 is 19.0 Å². The summed E-state index contributed by atoms with van der Waals surface area (Å²) in [5.41, 5.74) is 6.74. The number of nitrogens with two attached hydrogens (primary N) is 1. The number of ether oxygens (including phenoxy) is 3. The molecule has 1 aliphatic rings. The lowest BCUT2D eigenvalue weighted by Gasteiger charge is -2.24. The molecule has 0 atom stereocenters. The summed E-state index contributed by atoms with van der Waals surface area (Å²) in [7, 11) is 1.34. The normalized spacial score (nSPS) is 16.3. The zero-order valence-electron chi connectivity index (χ0n) is 10.3. The lowest BCUT2D eigenvalue weighted by atomic mass is 10.1. The first kappa shape index (κ1) is 12.7. The molecule has 1 aliphatic heterocycles. The molecule has 5 heteroatoms. The Morgan fingerprint density at radius 3 is 2.72 bits per heavy atom. The van der Waals surface area contributed by atoms with E-state index in [1.807, 2.05) is 0 Å². The molecule has 0 amide bonds. The summed E-state index contributed by atoms with van der Waals surface area (Å²) in [6.07, 6.45) is 1.85. The van der Waals surface area contributed by atoms with Gasteiger partial charge in [0.2, 0.25) is 0 Å². The van der Waals surface area contributed by atoms with Crippen LogP contribution in [0.1, 0.15) is 23.2 Å². The highest BCUT2D eigenvalue weighted by atomic mass is 16.5. The van der Waals surface area contributed by atoms with Crippen molar-refractivity contribution in [3.8, 4) is 5.75 Å². The molecule has 2 N–H and O–H groups in total. The van der Waals surface area contributed by atoms with Gasteiger partial charge in [0.15, 0.2) is 0 Å². The summed E-state index contributed by atoms with van der Waals surface area (Å²) in [5.74, 6) is 0.203. The molecule has 1 heterocycles. The minimum atomic E-state index is -0.403. The SMILES string of the molecule is COC(=O)c1ccc(OC2CCOCC2)c(N)c1. The fraction of sp³-hybridized carbons (Fsp3) is 0.462. The lowest BCUT2D eigenvalue weighted by molar-refractivity contribution is 0.0258. The monoisotopic (exact) mass is 251 g/mol. The summed E-state index contributed by atoms with van der Waals surface area (Å²) in [6.45, 7) is 1.43. The molecule has 0 aromatic heterocycles. The number of anilines is 1. The first-order chi connectivity index (χ1) is 8.70. The van der Waals surface area contributed by atoms with Gasteiger partial charge >= 0.3 is 5.97 Å². The van der Waals surface area contributed by atoms with Gasteiger partial charge in [-0.3, -0.25) is 0 Å². The molecule has 1 fully saturated rings. The van der Waals surface area contributed by atoms with E-state index in [0.29, 0.717) is 30.2 Å².